The van der Waals surface area contributed by atoms with Crippen LogP contribution in [0.3, 0.4) is 0 Å². The summed E-state index contributed by atoms with van der Waals surface area (Å²) in [5, 5.41) is 0. The first-order chi connectivity index (χ1) is 5.74. The van der Waals surface area contributed by atoms with Crippen LogP contribution in [0.4, 0.5) is 0 Å². The minimum atomic E-state index is 1.13. The minimum absolute atomic E-state index is 1.13. The Bertz CT molecular complexity index is 253. The molecule has 0 amide bonds. The van der Waals surface area contributed by atoms with Crippen LogP contribution in [0.5, 0.6) is 0 Å². The van der Waals surface area contributed by atoms with Crippen molar-refractivity contribution in [2.24, 2.45) is 0 Å². The zero-order valence-electron chi connectivity index (χ0n) is 8.22. The predicted molar refractivity (Wildman–Crippen MR) is 52.3 cm³/mol. The summed E-state index contributed by atoms with van der Waals surface area (Å²) in [7, 11) is 0. The van der Waals surface area contributed by atoms with Crippen LogP contribution in [-0.4, -0.2) is 4.98 Å². The molecule has 1 aromatic heterocycles. The normalized spacial score (nSPS) is 10.2. The average molecular weight is 163 g/mol. The first kappa shape index (κ1) is 9.24. The highest BCUT2D eigenvalue weighted by molar-refractivity contribution is 5.24. The zero-order chi connectivity index (χ0) is 8.97. The van der Waals surface area contributed by atoms with E-state index in [9.17, 15) is 0 Å². The molecule has 0 aromatic carbocycles. The molecule has 1 heterocycles. The van der Waals surface area contributed by atoms with Gasteiger partial charge in [-0.15, -0.1) is 0 Å². The van der Waals surface area contributed by atoms with E-state index < -0.39 is 0 Å². The molecular formula is C11H17N. The zero-order valence-corrected chi connectivity index (χ0v) is 8.22. The van der Waals surface area contributed by atoms with Crippen molar-refractivity contribution in [2.75, 3.05) is 0 Å². The number of hydrogen-bond acceptors (Lipinski definition) is 1. The molecule has 0 saturated carbocycles. The summed E-state index contributed by atoms with van der Waals surface area (Å²) in [5.41, 5.74) is 3.92. The monoisotopic (exact) mass is 163 g/mol. The van der Waals surface area contributed by atoms with Crippen LogP contribution in [0, 0.1) is 13.8 Å². The molecule has 0 bridgehead atoms. The molecule has 1 nitrogen and oxygen atoms in total. The Kier molecular flexibility index (Phi) is 3.27. The second-order valence-electron chi connectivity index (χ2n) is 3.36. The number of aromatic nitrogens is 1. The molecule has 0 aliphatic heterocycles. The predicted octanol–water partition coefficient (Wildman–Crippen LogP) is 3.04. The summed E-state index contributed by atoms with van der Waals surface area (Å²) < 4.78 is 0. The van der Waals surface area contributed by atoms with Crippen LogP contribution in [0.1, 0.15) is 36.6 Å². The minimum Gasteiger partial charge on any atom is -0.261 e. The second kappa shape index (κ2) is 4.24. The van der Waals surface area contributed by atoms with Crippen LogP contribution >= 0.6 is 0 Å². The van der Waals surface area contributed by atoms with Crippen LogP contribution in [-0.2, 0) is 6.42 Å². The summed E-state index contributed by atoms with van der Waals surface area (Å²) in [6.07, 6.45) is 5.72. The lowest BCUT2D eigenvalue weighted by atomic mass is 10.0. The Morgan fingerprint density at radius 3 is 2.75 bits per heavy atom. The van der Waals surface area contributed by atoms with Crippen molar-refractivity contribution in [1.29, 1.82) is 0 Å². The first-order valence-corrected chi connectivity index (χ1v) is 4.66. The van der Waals surface area contributed by atoms with Crippen molar-refractivity contribution in [3.05, 3.63) is 29.1 Å². The van der Waals surface area contributed by atoms with Gasteiger partial charge < -0.3 is 0 Å². The van der Waals surface area contributed by atoms with E-state index in [1.807, 2.05) is 6.20 Å². The molecule has 1 heteroatoms. The van der Waals surface area contributed by atoms with Gasteiger partial charge in [0.1, 0.15) is 0 Å². The third-order valence-electron chi connectivity index (χ3n) is 2.15. The number of unbranched alkanes of at least 4 members (excludes halogenated alkanes) is 1. The largest absolute Gasteiger partial charge is 0.261 e. The lowest BCUT2D eigenvalue weighted by Crippen LogP contribution is -1.92. The van der Waals surface area contributed by atoms with Gasteiger partial charge >= 0.3 is 0 Å². The molecule has 0 spiro atoms. The number of rotatable bonds is 3. The van der Waals surface area contributed by atoms with E-state index in [0.29, 0.717) is 0 Å². The lowest BCUT2D eigenvalue weighted by molar-refractivity contribution is 0.788. The molecule has 0 radical (unpaired) electrons. The third-order valence-corrected chi connectivity index (χ3v) is 2.15. The van der Waals surface area contributed by atoms with Gasteiger partial charge in [0.05, 0.1) is 0 Å². The molecule has 66 valence electrons. The van der Waals surface area contributed by atoms with Crippen molar-refractivity contribution in [1.82, 2.24) is 4.98 Å². The first-order valence-electron chi connectivity index (χ1n) is 4.66. The number of pyridine rings is 1. The summed E-state index contributed by atoms with van der Waals surface area (Å²) in [4.78, 5) is 4.25. The number of aryl methyl sites for hydroxylation is 3. The quantitative estimate of drug-likeness (QED) is 0.667. The highest BCUT2D eigenvalue weighted by Crippen LogP contribution is 2.11. The molecule has 0 N–H and O–H groups in total. The fourth-order valence-corrected chi connectivity index (χ4v) is 1.32. The van der Waals surface area contributed by atoms with Gasteiger partial charge in [-0.1, -0.05) is 13.3 Å². The Morgan fingerprint density at radius 1 is 1.33 bits per heavy atom. The molecule has 0 atom stereocenters. The van der Waals surface area contributed by atoms with Crippen molar-refractivity contribution in [3.63, 3.8) is 0 Å². The fourth-order valence-electron chi connectivity index (χ4n) is 1.32. The van der Waals surface area contributed by atoms with Crippen LogP contribution in [0.25, 0.3) is 0 Å². The van der Waals surface area contributed by atoms with Gasteiger partial charge in [0.15, 0.2) is 0 Å². The average Bonchev–Trinajstić information content (AvgIpc) is 2.07. The Hall–Kier alpha value is -0.850. The highest BCUT2D eigenvalue weighted by atomic mass is 14.7. The number of hydrogen-bond donors (Lipinski definition) is 0. The highest BCUT2D eigenvalue weighted by Gasteiger charge is 1.97. The molecule has 0 fully saturated rings. The SMILES string of the molecule is CCCCc1cc(C)ncc1C. The van der Waals surface area contributed by atoms with Crippen molar-refractivity contribution < 1.29 is 0 Å². The molecular weight excluding hydrogens is 146 g/mol. The van der Waals surface area contributed by atoms with Gasteiger partial charge in [-0.2, -0.15) is 0 Å². The smallest absolute Gasteiger partial charge is 0.0375 e. The molecule has 0 unspecified atom stereocenters. The van der Waals surface area contributed by atoms with Crippen molar-refractivity contribution >= 4 is 0 Å². The van der Waals surface area contributed by atoms with E-state index in [-0.39, 0.29) is 0 Å². The second-order valence-corrected chi connectivity index (χ2v) is 3.36. The van der Waals surface area contributed by atoms with E-state index in [1.165, 1.54) is 30.4 Å². The Labute approximate surface area is 74.8 Å². The maximum Gasteiger partial charge on any atom is 0.0375 e. The van der Waals surface area contributed by atoms with Crippen molar-refractivity contribution in [2.45, 2.75) is 40.0 Å². The summed E-state index contributed by atoms with van der Waals surface area (Å²) >= 11 is 0. The van der Waals surface area contributed by atoms with E-state index in [4.69, 9.17) is 0 Å². The number of nitrogens with zero attached hydrogens (tertiary/aromatic N) is 1. The summed E-state index contributed by atoms with van der Waals surface area (Å²) in [6.45, 7) is 6.41. The van der Waals surface area contributed by atoms with Gasteiger partial charge in [0, 0.05) is 11.9 Å². The lowest BCUT2D eigenvalue weighted by Gasteiger charge is -2.04. The molecule has 0 saturated heterocycles. The Balaban J connectivity index is 2.75. The van der Waals surface area contributed by atoms with Gasteiger partial charge in [-0.25, -0.2) is 0 Å². The van der Waals surface area contributed by atoms with Gasteiger partial charge in [-0.3, -0.25) is 4.98 Å². The fraction of sp³-hybridized carbons (Fsp3) is 0.545. The summed E-state index contributed by atoms with van der Waals surface area (Å²) in [5.74, 6) is 0. The molecule has 12 heavy (non-hydrogen) atoms. The van der Waals surface area contributed by atoms with Crippen molar-refractivity contribution in [3.8, 4) is 0 Å². The maximum atomic E-state index is 4.25. The van der Waals surface area contributed by atoms with E-state index in [1.54, 1.807) is 0 Å². The van der Waals surface area contributed by atoms with E-state index in [2.05, 4.69) is 31.8 Å². The molecule has 1 rings (SSSR count). The third kappa shape index (κ3) is 2.33. The van der Waals surface area contributed by atoms with Crippen LogP contribution in [0.2, 0.25) is 0 Å². The molecule has 0 aliphatic carbocycles. The van der Waals surface area contributed by atoms with E-state index >= 15 is 0 Å². The Morgan fingerprint density at radius 2 is 2.08 bits per heavy atom. The summed E-state index contributed by atoms with van der Waals surface area (Å²) in [6, 6.07) is 2.20. The molecule has 0 aliphatic rings. The van der Waals surface area contributed by atoms with Gasteiger partial charge in [0.2, 0.25) is 0 Å². The standard InChI is InChI=1S/C11H17N/c1-4-5-6-11-7-10(3)12-8-9(11)2/h7-8H,4-6H2,1-3H3. The topological polar surface area (TPSA) is 12.9 Å². The maximum absolute atomic E-state index is 4.25. The van der Waals surface area contributed by atoms with E-state index in [0.717, 1.165) is 5.69 Å². The van der Waals surface area contributed by atoms with Gasteiger partial charge in [-0.05, 0) is 43.9 Å². The van der Waals surface area contributed by atoms with Crippen LogP contribution in [0.15, 0.2) is 12.3 Å². The van der Waals surface area contributed by atoms with Gasteiger partial charge in [0.25, 0.3) is 0 Å². The van der Waals surface area contributed by atoms with Crippen LogP contribution < -0.4 is 0 Å². The molecule has 1 aromatic rings.